The lowest BCUT2D eigenvalue weighted by Gasteiger charge is -2.32. The van der Waals surface area contributed by atoms with Gasteiger partial charge in [0.2, 0.25) is 5.91 Å². The molecule has 3 heterocycles. The summed E-state index contributed by atoms with van der Waals surface area (Å²) in [5, 5.41) is 3.00. The average Bonchev–Trinajstić information content (AvgIpc) is 3.18. The van der Waals surface area contributed by atoms with Gasteiger partial charge in [0.15, 0.2) is 5.82 Å². The van der Waals surface area contributed by atoms with Crippen LogP contribution in [0.2, 0.25) is 0 Å². The van der Waals surface area contributed by atoms with E-state index in [1.165, 1.54) is 5.56 Å². The van der Waals surface area contributed by atoms with Crippen LogP contribution < -0.4 is 10.2 Å². The van der Waals surface area contributed by atoms with Gasteiger partial charge in [-0.25, -0.2) is 9.97 Å². The van der Waals surface area contributed by atoms with Crippen LogP contribution in [0.15, 0.2) is 53.1 Å². The molecule has 1 saturated heterocycles. The van der Waals surface area contributed by atoms with Crippen molar-refractivity contribution in [1.29, 1.82) is 0 Å². The van der Waals surface area contributed by atoms with E-state index in [0.717, 1.165) is 42.3 Å². The molecule has 1 atom stereocenters. The van der Waals surface area contributed by atoms with E-state index in [-0.39, 0.29) is 11.8 Å². The number of benzene rings is 1. The fraction of sp³-hybridized carbons (Fsp3) is 0.348. The lowest BCUT2D eigenvalue weighted by atomic mass is 9.97. The number of furan rings is 1. The Kier molecular flexibility index (Phi) is 5.60. The number of carbonyl (C=O) groups excluding carboxylic acids is 1. The van der Waals surface area contributed by atoms with Gasteiger partial charge in [0.05, 0.1) is 12.5 Å². The predicted molar refractivity (Wildman–Crippen MR) is 112 cm³/mol. The van der Waals surface area contributed by atoms with Crippen LogP contribution in [0.4, 0.5) is 5.82 Å². The van der Waals surface area contributed by atoms with Crippen molar-refractivity contribution in [3.8, 4) is 11.4 Å². The first-order valence-electron chi connectivity index (χ1n) is 10.1. The molecular weight excluding hydrogens is 364 g/mol. The molecule has 1 aromatic carbocycles. The number of nitrogens with one attached hydrogen (secondary N) is 1. The van der Waals surface area contributed by atoms with E-state index in [1.54, 1.807) is 6.20 Å². The molecule has 0 spiro atoms. The Labute approximate surface area is 171 Å². The van der Waals surface area contributed by atoms with Gasteiger partial charge in [-0.15, -0.1) is 0 Å². The molecule has 6 heteroatoms. The summed E-state index contributed by atoms with van der Waals surface area (Å²) in [5.74, 6) is 3.22. The number of aromatic nitrogens is 2. The van der Waals surface area contributed by atoms with Crippen molar-refractivity contribution < 1.29 is 9.21 Å². The molecule has 0 radical (unpaired) electrons. The number of aryl methyl sites for hydroxylation is 2. The van der Waals surface area contributed by atoms with Crippen molar-refractivity contribution in [2.45, 2.75) is 33.2 Å². The van der Waals surface area contributed by atoms with Crippen LogP contribution in [0.3, 0.4) is 0 Å². The molecule has 2 aromatic heterocycles. The zero-order valence-electron chi connectivity index (χ0n) is 16.9. The third-order valence-electron chi connectivity index (χ3n) is 5.30. The number of carbonyl (C=O) groups is 1. The summed E-state index contributed by atoms with van der Waals surface area (Å²) in [6.45, 7) is 5.94. The minimum Gasteiger partial charge on any atom is -0.465 e. The van der Waals surface area contributed by atoms with Crippen LogP contribution in [-0.2, 0) is 11.3 Å². The van der Waals surface area contributed by atoms with Crippen molar-refractivity contribution in [1.82, 2.24) is 15.3 Å². The molecule has 1 aliphatic heterocycles. The molecule has 1 unspecified atom stereocenters. The number of hydrogen-bond donors (Lipinski definition) is 1. The van der Waals surface area contributed by atoms with Gasteiger partial charge in [-0.05, 0) is 44.9 Å². The maximum absolute atomic E-state index is 12.7. The van der Waals surface area contributed by atoms with Crippen LogP contribution in [0.25, 0.3) is 11.4 Å². The monoisotopic (exact) mass is 390 g/mol. The van der Waals surface area contributed by atoms with Gasteiger partial charge < -0.3 is 14.6 Å². The lowest BCUT2D eigenvalue weighted by molar-refractivity contribution is -0.125. The molecule has 150 valence electrons. The van der Waals surface area contributed by atoms with E-state index in [9.17, 15) is 4.79 Å². The Morgan fingerprint density at radius 2 is 2.00 bits per heavy atom. The zero-order valence-corrected chi connectivity index (χ0v) is 16.9. The Bertz CT molecular complexity index is 981. The summed E-state index contributed by atoms with van der Waals surface area (Å²) >= 11 is 0. The average molecular weight is 390 g/mol. The highest BCUT2D eigenvalue weighted by molar-refractivity contribution is 5.79. The fourth-order valence-electron chi connectivity index (χ4n) is 3.66. The van der Waals surface area contributed by atoms with E-state index in [0.29, 0.717) is 18.9 Å². The molecule has 3 aromatic rings. The van der Waals surface area contributed by atoms with Crippen LogP contribution >= 0.6 is 0 Å². The third-order valence-corrected chi connectivity index (χ3v) is 5.30. The number of rotatable bonds is 5. The van der Waals surface area contributed by atoms with Gasteiger partial charge in [0.25, 0.3) is 0 Å². The van der Waals surface area contributed by atoms with Gasteiger partial charge in [0.1, 0.15) is 17.3 Å². The molecule has 0 bridgehead atoms. The SMILES string of the molecule is Cc1ccc(-c2nccc(N3CCCC(C(=O)NCc4ccc(C)o4)C3)n2)cc1. The summed E-state index contributed by atoms with van der Waals surface area (Å²) in [6.07, 6.45) is 3.64. The van der Waals surface area contributed by atoms with Crippen LogP contribution in [0, 0.1) is 19.8 Å². The molecule has 0 aliphatic carbocycles. The summed E-state index contributed by atoms with van der Waals surface area (Å²) in [4.78, 5) is 24.0. The quantitative estimate of drug-likeness (QED) is 0.716. The maximum Gasteiger partial charge on any atom is 0.225 e. The van der Waals surface area contributed by atoms with E-state index >= 15 is 0 Å². The van der Waals surface area contributed by atoms with Crippen molar-refractivity contribution in [3.63, 3.8) is 0 Å². The van der Waals surface area contributed by atoms with Gasteiger partial charge in [0, 0.05) is 24.8 Å². The first-order valence-corrected chi connectivity index (χ1v) is 10.1. The summed E-state index contributed by atoms with van der Waals surface area (Å²) in [5.41, 5.74) is 2.21. The first-order chi connectivity index (χ1) is 14.1. The normalized spacial score (nSPS) is 16.6. The third kappa shape index (κ3) is 4.65. The van der Waals surface area contributed by atoms with Gasteiger partial charge in [-0.1, -0.05) is 29.8 Å². The van der Waals surface area contributed by atoms with Crippen LogP contribution in [-0.4, -0.2) is 29.0 Å². The standard InChI is InChI=1S/C23H26N4O2/c1-16-5-8-18(9-6-16)22-24-12-11-21(26-22)27-13-3-4-19(15-27)23(28)25-14-20-10-7-17(2)29-20/h5-12,19H,3-4,13-15H2,1-2H3,(H,25,28). The Morgan fingerprint density at radius 3 is 2.76 bits per heavy atom. The zero-order chi connectivity index (χ0) is 20.2. The minimum absolute atomic E-state index is 0.0578. The van der Waals surface area contributed by atoms with Crippen molar-refractivity contribution >= 4 is 11.7 Å². The lowest BCUT2D eigenvalue weighted by Crippen LogP contribution is -2.43. The second kappa shape index (κ2) is 8.47. The number of piperidine rings is 1. The highest BCUT2D eigenvalue weighted by atomic mass is 16.3. The van der Waals surface area contributed by atoms with E-state index < -0.39 is 0 Å². The van der Waals surface area contributed by atoms with Gasteiger partial charge >= 0.3 is 0 Å². The fourth-order valence-corrected chi connectivity index (χ4v) is 3.66. The highest BCUT2D eigenvalue weighted by Gasteiger charge is 2.26. The smallest absolute Gasteiger partial charge is 0.225 e. The summed E-state index contributed by atoms with van der Waals surface area (Å²) in [7, 11) is 0. The summed E-state index contributed by atoms with van der Waals surface area (Å²) < 4.78 is 5.53. The van der Waals surface area contributed by atoms with Crippen LogP contribution in [0.5, 0.6) is 0 Å². The van der Waals surface area contributed by atoms with Crippen molar-refractivity contribution in [2.24, 2.45) is 5.92 Å². The molecule has 1 fully saturated rings. The van der Waals surface area contributed by atoms with E-state index in [4.69, 9.17) is 9.40 Å². The van der Waals surface area contributed by atoms with Gasteiger partial charge in [-0.2, -0.15) is 0 Å². The number of hydrogen-bond acceptors (Lipinski definition) is 5. The molecule has 0 saturated carbocycles. The summed E-state index contributed by atoms with van der Waals surface area (Å²) in [6, 6.07) is 13.9. The highest BCUT2D eigenvalue weighted by Crippen LogP contribution is 2.24. The first kappa shape index (κ1) is 19.2. The largest absolute Gasteiger partial charge is 0.465 e. The Hall–Kier alpha value is -3.15. The molecule has 29 heavy (non-hydrogen) atoms. The van der Waals surface area contributed by atoms with E-state index in [1.807, 2.05) is 37.3 Å². The molecule has 6 nitrogen and oxygen atoms in total. The predicted octanol–water partition coefficient (Wildman–Crippen LogP) is 3.89. The second-order valence-electron chi connectivity index (χ2n) is 7.62. The molecule has 1 amide bonds. The topological polar surface area (TPSA) is 71.3 Å². The molecule has 1 N–H and O–H groups in total. The number of anilines is 1. The number of nitrogens with zero attached hydrogens (tertiary/aromatic N) is 3. The number of amides is 1. The van der Waals surface area contributed by atoms with Gasteiger partial charge in [-0.3, -0.25) is 4.79 Å². The van der Waals surface area contributed by atoms with Crippen LogP contribution in [0.1, 0.15) is 29.9 Å². The van der Waals surface area contributed by atoms with E-state index in [2.05, 4.69) is 34.3 Å². The second-order valence-corrected chi connectivity index (χ2v) is 7.62. The molecule has 4 rings (SSSR count). The Morgan fingerprint density at radius 1 is 1.17 bits per heavy atom. The molecule has 1 aliphatic rings. The minimum atomic E-state index is -0.0578. The maximum atomic E-state index is 12.7. The molecular formula is C23H26N4O2. The van der Waals surface area contributed by atoms with Crippen molar-refractivity contribution in [2.75, 3.05) is 18.0 Å². The Balaban J connectivity index is 1.42. The van der Waals surface area contributed by atoms with Crippen molar-refractivity contribution in [3.05, 3.63) is 65.7 Å².